The van der Waals surface area contributed by atoms with Gasteiger partial charge in [-0.25, -0.2) is 4.39 Å². The fourth-order valence-corrected chi connectivity index (χ4v) is 3.44. The van der Waals surface area contributed by atoms with E-state index in [1.54, 1.807) is 54.2 Å². The Morgan fingerprint density at radius 1 is 1.07 bits per heavy atom. The molecule has 0 aliphatic heterocycles. The summed E-state index contributed by atoms with van der Waals surface area (Å²) in [6, 6.07) is 14.7. The molecule has 0 saturated carbocycles. The number of carbonyl (C=O) groups excluding carboxylic acids is 2. The van der Waals surface area contributed by atoms with Gasteiger partial charge in [0.2, 0.25) is 0 Å². The molecule has 0 bridgehead atoms. The van der Waals surface area contributed by atoms with E-state index in [0.717, 1.165) is 22.6 Å². The molecule has 3 aromatic rings. The molecule has 0 atom stereocenters. The minimum absolute atomic E-state index is 0.203. The number of benzene rings is 2. The molecular formula is C22H21FN2O3S. The molecule has 5 nitrogen and oxygen atoms in total. The summed E-state index contributed by atoms with van der Waals surface area (Å²) >= 11 is 1.61. The molecule has 0 fully saturated rings. The van der Waals surface area contributed by atoms with Crippen LogP contribution in [0.1, 0.15) is 32.9 Å². The minimum Gasteiger partial charge on any atom is -0.459 e. The second-order valence-corrected chi connectivity index (χ2v) is 7.54. The summed E-state index contributed by atoms with van der Waals surface area (Å²) in [6.45, 7) is 2.38. The first-order valence-electron chi connectivity index (χ1n) is 9.15. The van der Waals surface area contributed by atoms with E-state index >= 15 is 0 Å². The van der Waals surface area contributed by atoms with Gasteiger partial charge in [0.25, 0.3) is 11.8 Å². The van der Waals surface area contributed by atoms with E-state index in [1.165, 1.54) is 18.4 Å². The third kappa shape index (κ3) is 5.96. The molecule has 2 N–H and O–H groups in total. The normalized spacial score (nSPS) is 10.6. The number of hydrogen-bond acceptors (Lipinski definition) is 4. The van der Waals surface area contributed by atoms with Crippen molar-refractivity contribution in [2.45, 2.75) is 18.2 Å². The van der Waals surface area contributed by atoms with Gasteiger partial charge in [0, 0.05) is 22.7 Å². The van der Waals surface area contributed by atoms with E-state index < -0.39 is 0 Å². The van der Waals surface area contributed by atoms with Crippen LogP contribution in [0.4, 0.5) is 10.1 Å². The molecule has 0 aliphatic carbocycles. The van der Waals surface area contributed by atoms with E-state index in [1.807, 2.05) is 6.92 Å². The van der Waals surface area contributed by atoms with E-state index in [4.69, 9.17) is 4.42 Å². The van der Waals surface area contributed by atoms with E-state index in [0.29, 0.717) is 17.8 Å². The lowest BCUT2D eigenvalue weighted by Crippen LogP contribution is -2.25. The summed E-state index contributed by atoms with van der Waals surface area (Å²) in [6.07, 6.45) is 2.21. The van der Waals surface area contributed by atoms with Crippen LogP contribution in [0.25, 0.3) is 0 Å². The SMILES string of the molecule is Cc1ccc(C(=O)NCCCSc2ccc(F)cc2)cc1NC(=O)c1ccco1. The highest BCUT2D eigenvalue weighted by atomic mass is 32.2. The van der Waals surface area contributed by atoms with Gasteiger partial charge in [0.15, 0.2) is 5.76 Å². The Hall–Kier alpha value is -3.06. The first kappa shape index (κ1) is 20.7. The van der Waals surface area contributed by atoms with Crippen LogP contribution in [0.15, 0.2) is 70.2 Å². The van der Waals surface area contributed by atoms with Gasteiger partial charge in [-0.2, -0.15) is 0 Å². The lowest BCUT2D eigenvalue weighted by Gasteiger charge is -2.10. The number of carbonyl (C=O) groups is 2. The Morgan fingerprint density at radius 2 is 1.86 bits per heavy atom. The first-order chi connectivity index (χ1) is 14.0. The van der Waals surface area contributed by atoms with Gasteiger partial charge in [-0.1, -0.05) is 6.07 Å². The van der Waals surface area contributed by atoms with Crippen LogP contribution in [-0.2, 0) is 0 Å². The number of amides is 2. The minimum atomic E-state index is -0.367. The highest BCUT2D eigenvalue weighted by Gasteiger charge is 2.13. The predicted octanol–water partition coefficient (Wildman–Crippen LogP) is 4.89. The van der Waals surface area contributed by atoms with Crippen molar-refractivity contribution in [2.75, 3.05) is 17.6 Å². The summed E-state index contributed by atoms with van der Waals surface area (Å²) < 4.78 is 18.0. The summed E-state index contributed by atoms with van der Waals surface area (Å²) in [4.78, 5) is 25.6. The molecule has 0 radical (unpaired) electrons. The Morgan fingerprint density at radius 3 is 2.59 bits per heavy atom. The maximum Gasteiger partial charge on any atom is 0.291 e. The monoisotopic (exact) mass is 412 g/mol. The highest BCUT2D eigenvalue weighted by Crippen LogP contribution is 2.20. The molecule has 1 aromatic heterocycles. The Kier molecular flexibility index (Phi) is 7.08. The molecule has 1 heterocycles. The van der Waals surface area contributed by atoms with Crippen molar-refractivity contribution in [2.24, 2.45) is 0 Å². The number of aryl methyl sites for hydroxylation is 1. The average Bonchev–Trinajstić information content (AvgIpc) is 3.25. The van der Waals surface area contributed by atoms with Gasteiger partial charge in [-0.3, -0.25) is 9.59 Å². The Bertz CT molecular complexity index is 972. The second kappa shape index (κ2) is 9.93. The van der Waals surface area contributed by atoms with Crippen molar-refractivity contribution in [1.82, 2.24) is 5.32 Å². The number of anilines is 1. The molecule has 0 saturated heterocycles. The maximum absolute atomic E-state index is 12.9. The lowest BCUT2D eigenvalue weighted by atomic mass is 10.1. The third-order valence-corrected chi connectivity index (χ3v) is 5.28. The van der Waals surface area contributed by atoms with Gasteiger partial charge < -0.3 is 15.1 Å². The maximum atomic E-state index is 12.9. The number of halogens is 1. The summed E-state index contributed by atoms with van der Waals surface area (Å²) in [5.41, 5.74) is 1.87. The van der Waals surface area contributed by atoms with Crippen molar-refractivity contribution >= 4 is 29.3 Å². The van der Waals surface area contributed by atoms with Crippen LogP contribution in [-0.4, -0.2) is 24.1 Å². The van der Waals surface area contributed by atoms with E-state index in [9.17, 15) is 14.0 Å². The molecular weight excluding hydrogens is 391 g/mol. The average molecular weight is 412 g/mol. The van der Waals surface area contributed by atoms with Crippen LogP contribution < -0.4 is 10.6 Å². The topological polar surface area (TPSA) is 71.3 Å². The summed E-state index contributed by atoms with van der Waals surface area (Å²) in [5, 5.41) is 5.64. The zero-order chi connectivity index (χ0) is 20.6. The Balaban J connectivity index is 1.48. The lowest BCUT2D eigenvalue weighted by molar-refractivity contribution is 0.0951. The van der Waals surface area contributed by atoms with Crippen molar-refractivity contribution in [1.29, 1.82) is 0 Å². The van der Waals surface area contributed by atoms with Gasteiger partial charge in [-0.15, -0.1) is 11.8 Å². The van der Waals surface area contributed by atoms with Crippen molar-refractivity contribution < 1.29 is 18.4 Å². The largest absolute Gasteiger partial charge is 0.459 e. The van der Waals surface area contributed by atoms with Crippen LogP contribution in [0.2, 0.25) is 0 Å². The van der Waals surface area contributed by atoms with Crippen LogP contribution in [0, 0.1) is 12.7 Å². The van der Waals surface area contributed by atoms with Gasteiger partial charge in [0.05, 0.1) is 6.26 Å². The summed E-state index contributed by atoms with van der Waals surface area (Å²) in [7, 11) is 0. The van der Waals surface area contributed by atoms with E-state index in [2.05, 4.69) is 10.6 Å². The zero-order valence-corrected chi connectivity index (χ0v) is 16.7. The Labute approximate surface area is 172 Å². The van der Waals surface area contributed by atoms with Crippen LogP contribution in [0.3, 0.4) is 0 Å². The zero-order valence-electron chi connectivity index (χ0n) is 15.9. The molecule has 0 spiro atoms. The van der Waals surface area contributed by atoms with Crippen LogP contribution >= 0.6 is 11.8 Å². The standard InChI is InChI=1S/C22H21FN2O3S/c1-15-5-6-16(14-19(15)25-22(27)20-4-2-12-28-20)21(26)24-11-3-13-29-18-9-7-17(23)8-10-18/h2,4-10,12,14H,3,11,13H2,1H3,(H,24,26)(H,25,27). The van der Waals surface area contributed by atoms with Crippen molar-refractivity contribution in [3.63, 3.8) is 0 Å². The molecule has 3 rings (SSSR count). The fourth-order valence-electron chi connectivity index (χ4n) is 2.59. The third-order valence-electron chi connectivity index (χ3n) is 4.18. The van der Waals surface area contributed by atoms with E-state index in [-0.39, 0.29) is 23.4 Å². The molecule has 2 amide bonds. The smallest absolute Gasteiger partial charge is 0.291 e. The molecule has 0 unspecified atom stereocenters. The number of hydrogen-bond donors (Lipinski definition) is 2. The summed E-state index contributed by atoms with van der Waals surface area (Å²) in [5.74, 6) is 0.195. The number of furan rings is 1. The second-order valence-electron chi connectivity index (χ2n) is 6.37. The van der Waals surface area contributed by atoms with Gasteiger partial charge in [0.1, 0.15) is 5.82 Å². The first-order valence-corrected chi connectivity index (χ1v) is 10.1. The fraction of sp³-hybridized carbons (Fsp3) is 0.182. The quantitative estimate of drug-likeness (QED) is 0.408. The molecule has 150 valence electrons. The van der Waals surface area contributed by atoms with Crippen molar-refractivity contribution in [3.8, 4) is 0 Å². The van der Waals surface area contributed by atoms with Gasteiger partial charge in [-0.05, 0) is 73.2 Å². The predicted molar refractivity (Wildman–Crippen MR) is 112 cm³/mol. The number of nitrogens with one attached hydrogen (secondary N) is 2. The molecule has 7 heteroatoms. The number of rotatable bonds is 8. The molecule has 2 aromatic carbocycles. The highest BCUT2D eigenvalue weighted by molar-refractivity contribution is 7.99. The number of thioether (sulfide) groups is 1. The van der Waals surface area contributed by atoms with Gasteiger partial charge >= 0.3 is 0 Å². The molecule has 29 heavy (non-hydrogen) atoms. The molecule has 0 aliphatic rings. The van der Waals surface area contributed by atoms with Crippen molar-refractivity contribution in [3.05, 3.63) is 83.6 Å². The van der Waals surface area contributed by atoms with Crippen LogP contribution in [0.5, 0.6) is 0 Å².